The van der Waals surface area contributed by atoms with Gasteiger partial charge in [0.15, 0.2) is 6.61 Å². The average Bonchev–Trinajstić information content (AvgIpc) is 3.46. The summed E-state index contributed by atoms with van der Waals surface area (Å²) in [5.41, 5.74) is 1.17. The topological polar surface area (TPSA) is 92.8 Å². The van der Waals surface area contributed by atoms with Crippen LogP contribution in [0.15, 0.2) is 54.6 Å². The maximum absolute atomic E-state index is 13.0. The van der Waals surface area contributed by atoms with Gasteiger partial charge in [0.25, 0.3) is 5.91 Å². The van der Waals surface area contributed by atoms with Crippen LogP contribution < -0.4 is 10.2 Å². The summed E-state index contributed by atoms with van der Waals surface area (Å²) < 4.78 is 5.11. The number of nitrogens with zero attached hydrogens (tertiary/aromatic N) is 1. The molecule has 2 aliphatic carbocycles. The van der Waals surface area contributed by atoms with Crippen molar-refractivity contribution in [2.24, 2.45) is 23.7 Å². The molecule has 1 aliphatic heterocycles. The number of carbonyl (C=O) groups is 4. The van der Waals surface area contributed by atoms with Gasteiger partial charge in [-0.3, -0.25) is 19.3 Å². The van der Waals surface area contributed by atoms with Crippen LogP contribution in [0.4, 0.5) is 11.4 Å². The molecule has 5 rings (SSSR count). The van der Waals surface area contributed by atoms with Gasteiger partial charge in [0.2, 0.25) is 11.8 Å². The predicted molar refractivity (Wildman–Crippen MR) is 112 cm³/mol. The van der Waals surface area contributed by atoms with E-state index in [9.17, 15) is 19.2 Å². The molecule has 7 nitrogen and oxygen atoms in total. The summed E-state index contributed by atoms with van der Waals surface area (Å²) in [7, 11) is 0. The molecule has 0 radical (unpaired) electrons. The van der Waals surface area contributed by atoms with Gasteiger partial charge >= 0.3 is 5.97 Å². The highest BCUT2D eigenvalue weighted by Gasteiger charge is 2.61. The van der Waals surface area contributed by atoms with Crippen molar-refractivity contribution in [3.8, 4) is 0 Å². The summed E-state index contributed by atoms with van der Waals surface area (Å²) in [4.78, 5) is 51.7. The van der Waals surface area contributed by atoms with Gasteiger partial charge in [-0.15, -0.1) is 0 Å². The number of hydrogen-bond donors (Lipinski definition) is 1. The van der Waals surface area contributed by atoms with Crippen LogP contribution in [0.1, 0.15) is 29.6 Å². The lowest BCUT2D eigenvalue weighted by Gasteiger charge is -2.19. The molecule has 2 aromatic rings. The highest BCUT2D eigenvalue weighted by molar-refractivity contribution is 6.22. The molecule has 3 fully saturated rings. The minimum Gasteiger partial charge on any atom is -0.452 e. The minimum absolute atomic E-state index is 0.157. The van der Waals surface area contributed by atoms with Crippen molar-refractivity contribution in [2.75, 3.05) is 16.8 Å². The molecule has 31 heavy (non-hydrogen) atoms. The van der Waals surface area contributed by atoms with Crippen LogP contribution in [0.25, 0.3) is 0 Å². The maximum Gasteiger partial charge on any atom is 0.338 e. The number of amides is 3. The molecule has 158 valence electrons. The van der Waals surface area contributed by atoms with Crippen LogP contribution in [-0.4, -0.2) is 30.3 Å². The normalized spacial score (nSPS) is 26.1. The van der Waals surface area contributed by atoms with Gasteiger partial charge in [0.05, 0.1) is 23.1 Å². The minimum atomic E-state index is -0.690. The third kappa shape index (κ3) is 3.40. The first-order valence-electron chi connectivity index (χ1n) is 10.5. The van der Waals surface area contributed by atoms with E-state index < -0.39 is 18.5 Å². The zero-order valence-electron chi connectivity index (χ0n) is 16.8. The molecular formula is C24H22N2O5. The third-order valence-corrected chi connectivity index (χ3v) is 6.66. The summed E-state index contributed by atoms with van der Waals surface area (Å²) in [5, 5.41) is 2.64. The SMILES string of the molecule is O=C(COC(=O)c1cccc(N2C(=O)[C@@H]3[C@@H]4CC[C@@H](C4)[C@@H]3C2=O)c1)Nc1ccccc1. The molecule has 2 aromatic carbocycles. The van der Waals surface area contributed by atoms with E-state index in [2.05, 4.69) is 5.32 Å². The van der Waals surface area contributed by atoms with E-state index in [-0.39, 0.29) is 29.2 Å². The highest BCUT2D eigenvalue weighted by Crippen LogP contribution is 2.56. The molecule has 0 spiro atoms. The highest BCUT2D eigenvalue weighted by atomic mass is 16.5. The van der Waals surface area contributed by atoms with Crippen molar-refractivity contribution < 1.29 is 23.9 Å². The number of anilines is 2. The van der Waals surface area contributed by atoms with Crippen molar-refractivity contribution in [1.29, 1.82) is 0 Å². The molecule has 0 aromatic heterocycles. The van der Waals surface area contributed by atoms with Crippen LogP contribution in [0, 0.1) is 23.7 Å². The Morgan fingerprint density at radius 1 is 0.935 bits per heavy atom. The smallest absolute Gasteiger partial charge is 0.338 e. The lowest BCUT2D eigenvalue weighted by molar-refractivity contribution is -0.123. The summed E-state index contributed by atoms with van der Waals surface area (Å²) in [6, 6.07) is 15.1. The van der Waals surface area contributed by atoms with Gasteiger partial charge in [0.1, 0.15) is 0 Å². The second kappa shape index (κ2) is 7.65. The molecule has 2 bridgehead atoms. The number of ether oxygens (including phenoxy) is 1. The van der Waals surface area contributed by atoms with Gasteiger partial charge in [-0.2, -0.15) is 0 Å². The number of imide groups is 1. The number of esters is 1. The fraction of sp³-hybridized carbons (Fsp3) is 0.333. The average molecular weight is 418 g/mol. The van der Waals surface area contributed by atoms with Gasteiger partial charge < -0.3 is 10.1 Å². The number of benzene rings is 2. The number of fused-ring (bicyclic) bond motifs is 5. The molecular weight excluding hydrogens is 396 g/mol. The monoisotopic (exact) mass is 418 g/mol. The molecule has 1 heterocycles. The van der Waals surface area contributed by atoms with Crippen molar-refractivity contribution in [2.45, 2.75) is 19.3 Å². The number of para-hydroxylation sites is 1. The molecule has 4 atom stereocenters. The number of carbonyl (C=O) groups excluding carboxylic acids is 4. The Kier molecular flexibility index (Phi) is 4.81. The largest absolute Gasteiger partial charge is 0.452 e. The first-order chi connectivity index (χ1) is 15.0. The quantitative estimate of drug-likeness (QED) is 0.595. The van der Waals surface area contributed by atoms with Crippen LogP contribution in [0.2, 0.25) is 0 Å². The van der Waals surface area contributed by atoms with E-state index >= 15 is 0 Å². The Morgan fingerprint density at radius 2 is 1.61 bits per heavy atom. The second-order valence-corrected chi connectivity index (χ2v) is 8.44. The number of hydrogen-bond acceptors (Lipinski definition) is 5. The maximum atomic E-state index is 13.0. The summed E-state index contributed by atoms with van der Waals surface area (Å²) in [6.07, 6.45) is 2.99. The van der Waals surface area contributed by atoms with Crippen LogP contribution in [0.3, 0.4) is 0 Å². The van der Waals surface area contributed by atoms with Crippen molar-refractivity contribution >= 4 is 35.1 Å². The first kappa shape index (κ1) is 19.5. The predicted octanol–water partition coefficient (Wildman–Crippen LogP) is 3.02. The zero-order valence-corrected chi connectivity index (χ0v) is 16.8. The van der Waals surface area contributed by atoms with Crippen LogP contribution >= 0.6 is 0 Å². The zero-order chi connectivity index (χ0) is 21.5. The third-order valence-electron chi connectivity index (χ3n) is 6.66. The van der Waals surface area contributed by atoms with E-state index in [0.717, 1.165) is 19.3 Å². The van der Waals surface area contributed by atoms with Gasteiger partial charge in [-0.1, -0.05) is 24.3 Å². The standard InChI is InChI=1S/C24H22N2O5/c27-19(25-17-6-2-1-3-7-17)13-31-24(30)16-5-4-8-18(12-16)26-22(28)20-14-9-10-15(11-14)21(20)23(26)29/h1-8,12,14-15,20-21H,9-11,13H2,(H,25,27)/t14-,15+,20-,21+. The summed E-state index contributed by atoms with van der Waals surface area (Å²) in [5.74, 6) is -1.30. The van der Waals surface area contributed by atoms with Gasteiger partial charge in [0, 0.05) is 5.69 Å². The van der Waals surface area contributed by atoms with E-state index in [1.807, 2.05) is 6.07 Å². The molecule has 1 N–H and O–H groups in total. The van der Waals surface area contributed by atoms with Crippen LogP contribution in [-0.2, 0) is 19.1 Å². The van der Waals surface area contributed by atoms with Crippen molar-refractivity contribution in [3.05, 3.63) is 60.2 Å². The Morgan fingerprint density at radius 3 is 2.29 bits per heavy atom. The first-order valence-corrected chi connectivity index (χ1v) is 10.5. The van der Waals surface area contributed by atoms with E-state index in [0.29, 0.717) is 23.2 Å². The van der Waals surface area contributed by atoms with Crippen molar-refractivity contribution in [3.63, 3.8) is 0 Å². The van der Waals surface area contributed by atoms with Crippen LogP contribution in [0.5, 0.6) is 0 Å². The van der Waals surface area contributed by atoms with E-state index in [4.69, 9.17) is 4.74 Å². The molecule has 1 saturated heterocycles. The fourth-order valence-electron chi connectivity index (χ4n) is 5.37. The summed E-state index contributed by atoms with van der Waals surface area (Å²) in [6.45, 7) is -0.437. The number of nitrogens with one attached hydrogen (secondary N) is 1. The molecule has 0 unspecified atom stereocenters. The summed E-state index contributed by atoms with van der Waals surface area (Å²) >= 11 is 0. The number of rotatable bonds is 5. The van der Waals surface area contributed by atoms with E-state index in [1.54, 1.807) is 36.4 Å². The van der Waals surface area contributed by atoms with Gasteiger partial charge in [-0.25, -0.2) is 4.79 Å². The van der Waals surface area contributed by atoms with E-state index in [1.165, 1.54) is 17.0 Å². The molecule has 2 saturated carbocycles. The molecule has 7 heteroatoms. The van der Waals surface area contributed by atoms with Crippen molar-refractivity contribution in [1.82, 2.24) is 0 Å². The molecule has 3 aliphatic rings. The van der Waals surface area contributed by atoms with Gasteiger partial charge in [-0.05, 0) is 61.4 Å². The Labute approximate surface area is 179 Å². The Bertz CT molecular complexity index is 1040. The Balaban J connectivity index is 1.26. The lowest BCUT2D eigenvalue weighted by Crippen LogP contribution is -2.32. The Hall–Kier alpha value is -3.48. The lowest BCUT2D eigenvalue weighted by atomic mass is 9.81. The second-order valence-electron chi connectivity index (χ2n) is 8.44. The fourth-order valence-corrected chi connectivity index (χ4v) is 5.37. The molecule has 3 amide bonds.